The molecule has 0 bridgehead atoms. The number of aliphatic hydroxyl groups excluding tert-OH is 1. The highest BCUT2D eigenvalue weighted by Crippen LogP contribution is 2.31. The van der Waals surface area contributed by atoms with Crippen molar-refractivity contribution in [1.82, 2.24) is 19.9 Å². The average Bonchev–Trinajstić information content (AvgIpc) is 2.45. The van der Waals surface area contributed by atoms with Gasteiger partial charge in [0.2, 0.25) is 5.95 Å². The van der Waals surface area contributed by atoms with Crippen LogP contribution in [0.15, 0.2) is 11.0 Å². The number of nitrogens with one attached hydrogen (secondary N) is 1. The van der Waals surface area contributed by atoms with E-state index in [4.69, 9.17) is 5.73 Å². The molecular weight excluding hydrogens is 298 g/mol. The van der Waals surface area contributed by atoms with Gasteiger partial charge in [-0.25, -0.2) is 9.97 Å². The summed E-state index contributed by atoms with van der Waals surface area (Å²) in [4.78, 5) is 24.8. The van der Waals surface area contributed by atoms with Crippen molar-refractivity contribution >= 4 is 17.1 Å². The van der Waals surface area contributed by atoms with E-state index < -0.39 is 28.9 Å². The SMILES string of the molecule is CCC(O)C(O)(O)C(O)(O)c1cnc2nc(N)[nH]c(=O)c2n1. The minimum absolute atomic E-state index is 0.168. The fraction of sp³-hybridized carbons (Fsp3) is 0.455. The van der Waals surface area contributed by atoms with E-state index in [9.17, 15) is 30.3 Å². The number of anilines is 1. The maximum atomic E-state index is 11.7. The fourth-order valence-electron chi connectivity index (χ4n) is 1.81. The molecule has 0 amide bonds. The largest absolute Gasteiger partial charge is 0.387 e. The molecule has 8 N–H and O–H groups in total. The standard InChI is InChI=1S/C11H15N5O6/c1-2-5(17)11(21,22)10(19,20)4-3-13-7-6(14-4)8(18)16-9(12)15-7/h3,5,17,19-22H,2H2,1H3,(H3,12,13,15,16,18). The van der Waals surface area contributed by atoms with Gasteiger partial charge in [0, 0.05) is 0 Å². The molecule has 0 aliphatic heterocycles. The fourth-order valence-corrected chi connectivity index (χ4v) is 1.81. The highest BCUT2D eigenvalue weighted by atomic mass is 16.6. The van der Waals surface area contributed by atoms with E-state index >= 15 is 0 Å². The van der Waals surface area contributed by atoms with E-state index in [-0.39, 0.29) is 23.5 Å². The molecule has 1 atom stereocenters. The zero-order valence-electron chi connectivity index (χ0n) is 11.4. The molecule has 0 aromatic carbocycles. The molecule has 11 nitrogen and oxygen atoms in total. The highest BCUT2D eigenvalue weighted by molar-refractivity contribution is 5.69. The van der Waals surface area contributed by atoms with Crippen LogP contribution in [0.25, 0.3) is 11.2 Å². The van der Waals surface area contributed by atoms with Crippen LogP contribution in [0.2, 0.25) is 0 Å². The summed E-state index contributed by atoms with van der Waals surface area (Å²) in [5, 5.41) is 49.0. The van der Waals surface area contributed by atoms with Crippen molar-refractivity contribution in [3.8, 4) is 0 Å². The van der Waals surface area contributed by atoms with Crippen LogP contribution in [0, 0.1) is 0 Å². The summed E-state index contributed by atoms with van der Waals surface area (Å²) in [6.07, 6.45) is -1.30. The van der Waals surface area contributed by atoms with Gasteiger partial charge in [0.05, 0.1) is 6.20 Å². The molecule has 0 aliphatic rings. The molecule has 2 aromatic heterocycles. The van der Waals surface area contributed by atoms with Gasteiger partial charge in [0.1, 0.15) is 11.8 Å². The van der Waals surface area contributed by atoms with Gasteiger partial charge in [-0.1, -0.05) is 6.92 Å². The summed E-state index contributed by atoms with van der Waals surface area (Å²) in [5.74, 6) is -6.92. The zero-order valence-corrected chi connectivity index (χ0v) is 11.4. The zero-order chi connectivity index (χ0) is 16.7. The molecule has 2 heterocycles. The van der Waals surface area contributed by atoms with Crippen LogP contribution in [0.1, 0.15) is 19.0 Å². The van der Waals surface area contributed by atoms with Gasteiger partial charge < -0.3 is 31.3 Å². The Morgan fingerprint density at radius 2 is 1.95 bits per heavy atom. The van der Waals surface area contributed by atoms with Crippen LogP contribution in [0.3, 0.4) is 0 Å². The molecule has 2 rings (SSSR count). The number of aromatic nitrogens is 4. The number of aromatic amines is 1. The molecule has 0 fully saturated rings. The molecule has 0 saturated carbocycles. The lowest BCUT2D eigenvalue weighted by Gasteiger charge is -2.37. The molecule has 0 saturated heterocycles. The van der Waals surface area contributed by atoms with E-state index in [1.807, 2.05) is 0 Å². The topological polar surface area (TPSA) is 199 Å². The van der Waals surface area contributed by atoms with E-state index in [2.05, 4.69) is 19.9 Å². The van der Waals surface area contributed by atoms with Crippen LogP contribution in [0.5, 0.6) is 0 Å². The number of nitrogens with zero attached hydrogens (tertiary/aromatic N) is 3. The van der Waals surface area contributed by atoms with Crippen LogP contribution < -0.4 is 11.3 Å². The second-order valence-corrected chi connectivity index (χ2v) is 4.70. The van der Waals surface area contributed by atoms with Crippen molar-refractivity contribution in [1.29, 1.82) is 0 Å². The maximum Gasteiger partial charge on any atom is 0.280 e. The van der Waals surface area contributed by atoms with Gasteiger partial charge in [0.15, 0.2) is 11.2 Å². The van der Waals surface area contributed by atoms with Gasteiger partial charge in [-0.3, -0.25) is 9.78 Å². The van der Waals surface area contributed by atoms with Crippen LogP contribution >= 0.6 is 0 Å². The third-order valence-corrected chi connectivity index (χ3v) is 3.16. The summed E-state index contributed by atoms with van der Waals surface area (Å²) >= 11 is 0. The molecule has 11 heteroatoms. The minimum Gasteiger partial charge on any atom is -0.387 e. The van der Waals surface area contributed by atoms with Crippen LogP contribution in [0.4, 0.5) is 5.95 Å². The molecule has 120 valence electrons. The van der Waals surface area contributed by atoms with Crippen molar-refractivity contribution in [2.45, 2.75) is 31.0 Å². The third-order valence-electron chi connectivity index (χ3n) is 3.16. The van der Waals surface area contributed by atoms with Gasteiger partial charge in [0.25, 0.3) is 17.1 Å². The van der Waals surface area contributed by atoms with Crippen molar-refractivity contribution in [3.05, 3.63) is 22.2 Å². The van der Waals surface area contributed by atoms with Gasteiger partial charge >= 0.3 is 0 Å². The second kappa shape index (κ2) is 5.23. The molecular formula is C11H15N5O6. The number of hydrogen-bond donors (Lipinski definition) is 7. The summed E-state index contributed by atoms with van der Waals surface area (Å²) in [6.45, 7) is 1.39. The molecule has 2 aromatic rings. The van der Waals surface area contributed by atoms with Crippen molar-refractivity contribution in [2.24, 2.45) is 0 Å². The molecule has 0 radical (unpaired) electrons. The predicted octanol–water partition coefficient (Wildman–Crippen LogP) is -3.12. The molecule has 1 unspecified atom stereocenters. The van der Waals surface area contributed by atoms with Gasteiger partial charge in [-0.15, -0.1) is 0 Å². The van der Waals surface area contributed by atoms with E-state index in [1.165, 1.54) is 6.92 Å². The van der Waals surface area contributed by atoms with Crippen molar-refractivity contribution in [3.63, 3.8) is 0 Å². The number of nitrogen functional groups attached to an aromatic ring is 1. The summed E-state index contributed by atoms with van der Waals surface area (Å²) < 4.78 is 0. The van der Waals surface area contributed by atoms with E-state index in [0.29, 0.717) is 0 Å². The Morgan fingerprint density at radius 1 is 1.32 bits per heavy atom. The van der Waals surface area contributed by atoms with Gasteiger partial charge in [-0.2, -0.15) is 4.98 Å². The Balaban J connectivity index is 2.62. The minimum atomic E-state index is -3.38. The lowest BCUT2D eigenvalue weighted by molar-refractivity contribution is -0.394. The number of rotatable bonds is 4. The Morgan fingerprint density at radius 3 is 2.55 bits per heavy atom. The monoisotopic (exact) mass is 313 g/mol. The summed E-state index contributed by atoms with van der Waals surface area (Å²) in [7, 11) is 0. The number of hydrogen-bond acceptors (Lipinski definition) is 10. The Hall–Kier alpha value is -2.18. The lowest BCUT2D eigenvalue weighted by atomic mass is 9.95. The first-order valence-electron chi connectivity index (χ1n) is 6.21. The lowest BCUT2D eigenvalue weighted by Crippen LogP contribution is -2.59. The van der Waals surface area contributed by atoms with E-state index in [1.54, 1.807) is 0 Å². The van der Waals surface area contributed by atoms with Crippen LogP contribution in [-0.4, -0.2) is 57.4 Å². The maximum absolute atomic E-state index is 11.7. The first-order valence-corrected chi connectivity index (χ1v) is 6.21. The quantitative estimate of drug-likeness (QED) is 0.283. The van der Waals surface area contributed by atoms with Crippen molar-refractivity contribution in [2.75, 3.05) is 5.73 Å². The molecule has 0 aliphatic carbocycles. The van der Waals surface area contributed by atoms with Crippen molar-refractivity contribution < 1.29 is 25.5 Å². The second-order valence-electron chi connectivity index (χ2n) is 4.70. The number of aliphatic hydroxyl groups is 5. The van der Waals surface area contributed by atoms with Gasteiger partial charge in [-0.05, 0) is 6.42 Å². The van der Waals surface area contributed by atoms with Crippen LogP contribution in [-0.2, 0) is 5.79 Å². The predicted molar refractivity (Wildman–Crippen MR) is 71.9 cm³/mol. The summed E-state index contributed by atoms with van der Waals surface area (Å²) in [6, 6.07) is 0. The smallest absolute Gasteiger partial charge is 0.280 e. The van der Waals surface area contributed by atoms with E-state index in [0.717, 1.165) is 6.20 Å². The number of H-pyrrole nitrogens is 1. The Kier molecular flexibility index (Phi) is 3.85. The number of nitrogens with two attached hydrogens (primary N) is 1. The Bertz CT molecular complexity index is 758. The normalized spacial score (nSPS) is 14.3. The number of fused-ring (bicyclic) bond motifs is 1. The average molecular weight is 313 g/mol. The summed E-state index contributed by atoms with van der Waals surface area (Å²) in [5.41, 5.74) is 3.22. The Labute approximate surface area is 122 Å². The third kappa shape index (κ3) is 2.40. The first-order chi connectivity index (χ1) is 10.1. The molecule has 0 spiro atoms. The molecule has 22 heavy (non-hydrogen) atoms. The highest BCUT2D eigenvalue weighted by Gasteiger charge is 2.54. The first kappa shape index (κ1) is 16.2.